The van der Waals surface area contributed by atoms with Crippen LogP contribution in [0.25, 0.3) is 0 Å². The molecule has 0 saturated heterocycles. The summed E-state index contributed by atoms with van der Waals surface area (Å²) in [5, 5.41) is 24.1. The molecule has 2 aromatic rings. The largest absolute Gasteiger partial charge is 0.509 e. The number of anilines is 2. The molecule has 0 aliphatic carbocycles. The highest BCUT2D eigenvalue weighted by Crippen LogP contribution is 2.53. The Bertz CT molecular complexity index is 1490. The van der Waals surface area contributed by atoms with E-state index in [1.54, 1.807) is 19.1 Å². The summed E-state index contributed by atoms with van der Waals surface area (Å²) in [5.74, 6) is -0.724. The number of aromatic hydroxyl groups is 1. The Labute approximate surface area is 221 Å². The molecule has 0 spiro atoms. The molecule has 11 nitrogen and oxygen atoms in total. The van der Waals surface area contributed by atoms with Gasteiger partial charge in [-0.3, -0.25) is 14.1 Å². The maximum Gasteiger partial charge on any atom is 0.348 e. The van der Waals surface area contributed by atoms with Crippen LogP contribution in [0.15, 0.2) is 58.6 Å². The van der Waals surface area contributed by atoms with Gasteiger partial charge in [0.15, 0.2) is 5.84 Å². The van der Waals surface area contributed by atoms with Gasteiger partial charge in [-0.25, -0.2) is 8.42 Å². The Morgan fingerprint density at radius 2 is 1.82 bits per heavy atom. The van der Waals surface area contributed by atoms with Crippen LogP contribution in [0.4, 0.5) is 11.4 Å². The molecule has 0 radical (unpaired) electrons. The van der Waals surface area contributed by atoms with Crippen molar-refractivity contribution >= 4 is 46.0 Å². The fourth-order valence-corrected chi connectivity index (χ4v) is 6.95. The Balaban J connectivity index is 1.78. The predicted molar refractivity (Wildman–Crippen MR) is 146 cm³/mol. The van der Waals surface area contributed by atoms with E-state index in [-0.39, 0.29) is 47.1 Å². The van der Waals surface area contributed by atoms with Gasteiger partial charge in [-0.2, -0.15) is 4.76 Å². The number of fused-ring (bicyclic) bond motifs is 1. The zero-order chi connectivity index (χ0) is 28.0. The molecule has 204 valence electrons. The molecule has 2 aliphatic heterocycles. The van der Waals surface area contributed by atoms with Crippen LogP contribution in [0.5, 0.6) is 5.75 Å². The van der Waals surface area contributed by atoms with E-state index >= 15 is 0 Å². The van der Waals surface area contributed by atoms with E-state index in [1.165, 1.54) is 35.2 Å². The summed E-state index contributed by atoms with van der Waals surface area (Å²) in [5.41, 5.74) is 0.546. The topological polar surface area (TPSA) is 158 Å². The standard InChI is InChI=1S/C25H31N4O7PS/c1-6-36-37(33)19-13-16(28-38(5,34)35)9-12-18(19)26-23(27-37)20-21(31)22(25(2,3)4)29(24(20)32)14-15-7-10-17(30)11-8-15/h7-13,22,28,30-31H,6,14H2,1-5H3,(H,26,27,33). The third kappa shape index (κ3) is 5.43. The number of carbonyl (C=O) groups is 1. The minimum atomic E-state index is -3.96. The lowest BCUT2D eigenvalue weighted by atomic mass is 9.85. The molecule has 4 N–H and O–H groups in total. The predicted octanol–water partition coefficient (Wildman–Crippen LogP) is 3.71. The number of hydrogen-bond donors (Lipinski definition) is 4. The second-order valence-electron chi connectivity index (χ2n) is 10.2. The summed E-state index contributed by atoms with van der Waals surface area (Å²) in [7, 11) is -7.55. The van der Waals surface area contributed by atoms with Gasteiger partial charge in [0.25, 0.3) is 5.91 Å². The molecule has 2 aliphatic rings. The van der Waals surface area contributed by atoms with Crippen molar-refractivity contribution in [2.45, 2.75) is 40.3 Å². The summed E-state index contributed by atoms with van der Waals surface area (Å²) in [6, 6.07) is 10.1. The van der Waals surface area contributed by atoms with Crippen LogP contribution in [0.3, 0.4) is 0 Å². The molecule has 2 aromatic carbocycles. The fraction of sp³-hybridized carbons (Fsp3) is 0.360. The van der Waals surface area contributed by atoms with E-state index in [2.05, 4.69) is 14.8 Å². The van der Waals surface area contributed by atoms with E-state index < -0.39 is 34.9 Å². The molecule has 0 bridgehead atoms. The van der Waals surface area contributed by atoms with E-state index in [9.17, 15) is 28.0 Å². The second-order valence-corrected chi connectivity index (χ2v) is 14.0. The van der Waals surface area contributed by atoms with Gasteiger partial charge in [-0.15, -0.1) is 0 Å². The number of phenols is 1. The van der Waals surface area contributed by atoms with Crippen LogP contribution in [-0.4, -0.2) is 54.2 Å². The van der Waals surface area contributed by atoms with Gasteiger partial charge in [0.05, 0.1) is 29.9 Å². The van der Waals surface area contributed by atoms with Crippen molar-refractivity contribution in [3.63, 3.8) is 0 Å². The highest BCUT2D eigenvalue weighted by molar-refractivity contribution is 7.92. The molecular weight excluding hydrogens is 531 g/mol. The molecule has 2 atom stereocenters. The minimum Gasteiger partial charge on any atom is -0.509 e. The molecule has 0 saturated carbocycles. The number of amidine groups is 1. The smallest absolute Gasteiger partial charge is 0.348 e. The maximum absolute atomic E-state index is 14.0. The summed E-state index contributed by atoms with van der Waals surface area (Å²) >= 11 is 0. The first-order chi connectivity index (χ1) is 17.6. The monoisotopic (exact) mass is 562 g/mol. The van der Waals surface area contributed by atoms with Crippen LogP contribution < -0.4 is 15.3 Å². The molecule has 0 aromatic heterocycles. The quantitative estimate of drug-likeness (QED) is 0.372. The Morgan fingerprint density at radius 3 is 2.39 bits per heavy atom. The van der Waals surface area contributed by atoms with E-state index in [1.807, 2.05) is 20.8 Å². The first-order valence-corrected chi connectivity index (χ1v) is 15.4. The Morgan fingerprint density at radius 1 is 1.16 bits per heavy atom. The number of phenolic OH excluding ortho intramolecular Hbond substituents is 1. The van der Waals surface area contributed by atoms with E-state index in [0.29, 0.717) is 5.69 Å². The molecular formula is C25H31N4O7PS. The zero-order valence-corrected chi connectivity index (χ0v) is 23.4. The fourth-order valence-electron chi connectivity index (χ4n) is 4.59. The molecule has 13 heteroatoms. The number of rotatable bonds is 7. The number of aliphatic hydroxyl groups excluding tert-OH is 1. The van der Waals surface area contributed by atoms with Crippen LogP contribution in [0.2, 0.25) is 0 Å². The summed E-state index contributed by atoms with van der Waals surface area (Å²) in [6.45, 7) is 7.50. The number of hydrogen-bond acceptors (Lipinski definition) is 8. The molecule has 2 unspecified atom stereocenters. The highest BCUT2D eigenvalue weighted by atomic mass is 32.2. The SMILES string of the molecule is CCOP1(=O)N=C(C2=C(O)C(C(C)(C)C)N(Cc3ccc(O)cc3)C2=O)Nc2ccc(NS(C)(=O)=O)cc21. The van der Waals surface area contributed by atoms with Crippen molar-refractivity contribution in [2.75, 3.05) is 22.9 Å². The molecule has 0 fully saturated rings. The van der Waals surface area contributed by atoms with E-state index in [0.717, 1.165) is 11.8 Å². The normalized spacial score (nSPS) is 21.7. The number of nitrogens with zero attached hydrogens (tertiary/aromatic N) is 2. The van der Waals surface area contributed by atoms with E-state index in [4.69, 9.17) is 4.52 Å². The Kier molecular flexibility index (Phi) is 7.11. The van der Waals surface area contributed by atoms with Gasteiger partial charge in [-0.1, -0.05) is 32.9 Å². The van der Waals surface area contributed by atoms with Gasteiger partial charge in [0.2, 0.25) is 10.0 Å². The van der Waals surface area contributed by atoms with Gasteiger partial charge in [0, 0.05) is 12.2 Å². The molecule has 38 heavy (non-hydrogen) atoms. The van der Waals surface area contributed by atoms with Crippen molar-refractivity contribution in [3.05, 3.63) is 59.4 Å². The van der Waals surface area contributed by atoms with Gasteiger partial charge in [0.1, 0.15) is 17.1 Å². The number of nitrogens with one attached hydrogen (secondary N) is 2. The molecule has 1 amide bonds. The summed E-state index contributed by atoms with van der Waals surface area (Å²) in [4.78, 5) is 15.3. The number of sulfonamides is 1. The van der Waals surface area contributed by atoms with Gasteiger partial charge >= 0.3 is 7.52 Å². The number of carbonyl (C=O) groups excluding carboxylic acids is 1. The summed E-state index contributed by atoms with van der Waals surface area (Å²) in [6.07, 6.45) is 1.000. The summed E-state index contributed by atoms with van der Waals surface area (Å²) < 4.78 is 49.6. The molecule has 2 heterocycles. The third-order valence-electron chi connectivity index (χ3n) is 6.04. The molecule has 4 rings (SSSR count). The highest BCUT2D eigenvalue weighted by Gasteiger charge is 2.48. The van der Waals surface area contributed by atoms with Crippen molar-refractivity contribution in [2.24, 2.45) is 10.2 Å². The zero-order valence-electron chi connectivity index (χ0n) is 21.7. The number of amides is 1. The van der Waals surface area contributed by atoms with Crippen molar-refractivity contribution in [3.8, 4) is 5.75 Å². The van der Waals surface area contributed by atoms with Crippen LogP contribution in [0.1, 0.15) is 33.3 Å². The maximum atomic E-state index is 14.0. The lowest BCUT2D eigenvalue weighted by Gasteiger charge is -2.35. The first kappa shape index (κ1) is 27.7. The van der Waals surface area contributed by atoms with Crippen molar-refractivity contribution in [1.82, 2.24) is 4.90 Å². The first-order valence-electron chi connectivity index (χ1n) is 11.9. The van der Waals surface area contributed by atoms with Crippen LogP contribution in [-0.2, 0) is 30.5 Å². The number of aliphatic hydroxyl groups is 1. The number of benzene rings is 2. The van der Waals surface area contributed by atoms with Crippen LogP contribution in [0, 0.1) is 5.41 Å². The average molecular weight is 563 g/mol. The van der Waals surface area contributed by atoms with Crippen molar-refractivity contribution in [1.29, 1.82) is 0 Å². The average Bonchev–Trinajstić information content (AvgIpc) is 3.04. The van der Waals surface area contributed by atoms with Crippen LogP contribution >= 0.6 is 7.52 Å². The Hall–Kier alpha value is -3.34. The van der Waals surface area contributed by atoms with Crippen molar-refractivity contribution < 1.29 is 32.5 Å². The lowest BCUT2D eigenvalue weighted by molar-refractivity contribution is -0.129. The second kappa shape index (κ2) is 9.76. The van der Waals surface area contributed by atoms with Gasteiger partial charge < -0.3 is 25.0 Å². The minimum absolute atomic E-state index is 0.0355. The third-order valence-corrected chi connectivity index (χ3v) is 8.70. The van der Waals surface area contributed by atoms with Gasteiger partial charge in [-0.05, 0) is 48.2 Å². The lowest BCUT2D eigenvalue weighted by Crippen LogP contribution is -2.43.